The molecule has 2 saturated heterocycles. The van der Waals surface area contributed by atoms with Crippen molar-refractivity contribution < 1.29 is 28.3 Å². The molecule has 10 heteroatoms. The van der Waals surface area contributed by atoms with Gasteiger partial charge in [-0.05, 0) is 66.7 Å². The van der Waals surface area contributed by atoms with Crippen LogP contribution in [0.5, 0.6) is 5.75 Å². The second kappa shape index (κ2) is 9.47. The maximum Gasteiger partial charge on any atom is 0.404 e. The summed E-state index contributed by atoms with van der Waals surface area (Å²) in [5, 5.41) is 1.11. The molecule has 4 atom stereocenters. The Labute approximate surface area is 235 Å². The Morgan fingerprint density at radius 1 is 1.26 bits per heavy atom. The van der Waals surface area contributed by atoms with Gasteiger partial charge in [0.2, 0.25) is 19.8 Å². The standard InChI is InChI=1S/C29H37ClN2O6Si/c1-8-17-18-12-16(38-39(6,7)28(3,4)5)10-11-22(18)31-24-19(17)14-32-23(24)13-21-20(25(32)33)15-36-26(34)29(21,9-2)37-27(30)35/h10-12,20-21,23H,8-9,13-15H2,1-7H3. The van der Waals surface area contributed by atoms with E-state index < -0.39 is 37.2 Å². The van der Waals surface area contributed by atoms with E-state index in [1.54, 1.807) is 6.92 Å². The van der Waals surface area contributed by atoms with E-state index in [0.29, 0.717) is 13.0 Å². The van der Waals surface area contributed by atoms with Gasteiger partial charge in [0.25, 0.3) is 0 Å². The summed E-state index contributed by atoms with van der Waals surface area (Å²) in [4.78, 5) is 45.5. The van der Waals surface area contributed by atoms with Crippen molar-refractivity contribution >= 4 is 48.1 Å². The highest BCUT2D eigenvalue weighted by Crippen LogP contribution is 2.52. The Morgan fingerprint density at radius 2 is 1.97 bits per heavy atom. The molecule has 0 spiro atoms. The first-order chi connectivity index (χ1) is 18.2. The van der Waals surface area contributed by atoms with Gasteiger partial charge in [-0.3, -0.25) is 9.78 Å². The van der Waals surface area contributed by atoms with Crippen LogP contribution in [0.25, 0.3) is 10.9 Å². The van der Waals surface area contributed by atoms with Crippen molar-refractivity contribution in [3.8, 4) is 5.75 Å². The molecule has 8 nitrogen and oxygen atoms in total. The first-order valence-electron chi connectivity index (χ1n) is 13.7. The average molecular weight is 573 g/mol. The van der Waals surface area contributed by atoms with Crippen LogP contribution in [-0.2, 0) is 32.0 Å². The van der Waals surface area contributed by atoms with Crippen LogP contribution in [0, 0.1) is 11.8 Å². The lowest BCUT2D eigenvalue weighted by molar-refractivity contribution is -0.201. The molecule has 3 aliphatic heterocycles. The van der Waals surface area contributed by atoms with Crippen molar-refractivity contribution in [1.29, 1.82) is 0 Å². The van der Waals surface area contributed by atoms with Gasteiger partial charge in [0, 0.05) is 29.4 Å². The van der Waals surface area contributed by atoms with Crippen LogP contribution in [0.1, 0.15) is 70.3 Å². The molecule has 5 rings (SSSR count). The predicted octanol–water partition coefficient (Wildman–Crippen LogP) is 6.28. The Hall–Kier alpha value is -2.65. The van der Waals surface area contributed by atoms with Gasteiger partial charge in [-0.1, -0.05) is 34.6 Å². The molecule has 1 aromatic heterocycles. The lowest BCUT2D eigenvalue weighted by atomic mass is 9.68. The van der Waals surface area contributed by atoms with E-state index in [2.05, 4.69) is 46.9 Å². The van der Waals surface area contributed by atoms with E-state index in [1.807, 2.05) is 17.0 Å². The van der Waals surface area contributed by atoms with Crippen LogP contribution in [0.3, 0.4) is 0 Å². The first-order valence-corrected chi connectivity index (χ1v) is 17.0. The maximum absolute atomic E-state index is 13.8. The normalized spacial score (nSPS) is 26.6. The summed E-state index contributed by atoms with van der Waals surface area (Å²) in [7, 11) is -2.03. The molecular formula is C29H37ClN2O6Si. The number of ether oxygens (including phenoxy) is 2. The number of pyridine rings is 1. The molecule has 0 aliphatic carbocycles. The van der Waals surface area contributed by atoms with Crippen LogP contribution in [-0.4, -0.2) is 47.7 Å². The molecule has 1 aromatic carbocycles. The zero-order valence-electron chi connectivity index (χ0n) is 23.7. The fourth-order valence-corrected chi connectivity index (χ4v) is 7.47. The highest BCUT2D eigenvalue weighted by Gasteiger charge is 2.62. The Bertz CT molecular complexity index is 1370. The highest BCUT2D eigenvalue weighted by molar-refractivity contribution is 6.74. The van der Waals surface area contributed by atoms with Crippen molar-refractivity contribution in [3.05, 3.63) is 35.0 Å². The van der Waals surface area contributed by atoms with Gasteiger partial charge in [0.15, 0.2) is 0 Å². The monoisotopic (exact) mass is 572 g/mol. The molecule has 1 amide bonds. The Kier molecular flexibility index (Phi) is 6.78. The fraction of sp³-hybridized carbons (Fsp3) is 0.586. The Morgan fingerprint density at radius 3 is 2.59 bits per heavy atom. The van der Waals surface area contributed by atoms with Crippen molar-refractivity contribution in [2.24, 2.45) is 11.8 Å². The first kappa shape index (κ1) is 27.9. The van der Waals surface area contributed by atoms with E-state index in [-0.39, 0.29) is 30.0 Å². The van der Waals surface area contributed by atoms with E-state index in [9.17, 15) is 14.4 Å². The Balaban J connectivity index is 1.57. The molecule has 0 radical (unpaired) electrons. The van der Waals surface area contributed by atoms with Gasteiger partial charge in [0.1, 0.15) is 12.4 Å². The van der Waals surface area contributed by atoms with Crippen molar-refractivity contribution in [1.82, 2.24) is 9.88 Å². The zero-order chi connectivity index (χ0) is 28.5. The van der Waals surface area contributed by atoms with Crippen LogP contribution >= 0.6 is 11.6 Å². The number of aryl methyl sites for hydroxylation is 1. The van der Waals surface area contributed by atoms with Crippen molar-refractivity contribution in [2.45, 2.75) is 90.2 Å². The predicted molar refractivity (Wildman–Crippen MR) is 150 cm³/mol. The van der Waals surface area contributed by atoms with Crippen LogP contribution in [0.15, 0.2) is 18.2 Å². The van der Waals surface area contributed by atoms with Crippen molar-refractivity contribution in [2.75, 3.05) is 6.61 Å². The summed E-state index contributed by atoms with van der Waals surface area (Å²) in [5.41, 5.74) is 1.24. The summed E-state index contributed by atoms with van der Waals surface area (Å²) < 4.78 is 17.4. The fourth-order valence-electron chi connectivity index (χ4n) is 6.31. The summed E-state index contributed by atoms with van der Waals surface area (Å²) in [6.07, 6.45) is 1.38. The number of halogens is 1. The van der Waals surface area contributed by atoms with Gasteiger partial charge >= 0.3 is 11.4 Å². The maximum atomic E-state index is 13.8. The number of carbonyl (C=O) groups is 3. The minimum absolute atomic E-state index is 0.0341. The zero-order valence-corrected chi connectivity index (χ0v) is 25.5. The quantitative estimate of drug-likeness (QED) is 0.236. The number of esters is 1. The molecule has 210 valence electrons. The lowest BCUT2D eigenvalue weighted by Crippen LogP contribution is -2.62. The third-order valence-electron chi connectivity index (χ3n) is 9.45. The van der Waals surface area contributed by atoms with Crippen molar-refractivity contribution in [3.63, 3.8) is 0 Å². The molecule has 3 aliphatic rings. The van der Waals surface area contributed by atoms with Crippen LogP contribution in [0.4, 0.5) is 4.79 Å². The molecule has 4 heterocycles. The van der Waals surface area contributed by atoms with E-state index in [0.717, 1.165) is 39.9 Å². The number of benzene rings is 1. The SMILES string of the molecule is CCc1c2c(nc3ccc(O[Si](C)(C)C(C)(C)C)cc13)C1CC3C(COC(=O)C3(CC)OC(=O)Cl)C(=O)N1C2. The van der Waals surface area contributed by atoms with Gasteiger partial charge in [-0.15, -0.1) is 0 Å². The number of hydrogen-bond donors (Lipinski definition) is 0. The minimum atomic E-state index is -2.03. The number of nitrogens with zero attached hydrogens (tertiary/aromatic N) is 2. The summed E-state index contributed by atoms with van der Waals surface area (Å²) in [6.45, 7) is 15.4. The molecule has 4 unspecified atom stereocenters. The van der Waals surface area contributed by atoms with Crippen LogP contribution < -0.4 is 4.43 Å². The molecule has 2 aromatic rings. The number of cyclic esters (lactones) is 1. The van der Waals surface area contributed by atoms with E-state index in [4.69, 9.17) is 30.5 Å². The second-order valence-corrected chi connectivity index (χ2v) is 17.5. The number of hydrogen-bond acceptors (Lipinski definition) is 7. The molecule has 0 N–H and O–H groups in total. The molecule has 39 heavy (non-hydrogen) atoms. The smallest absolute Gasteiger partial charge is 0.404 e. The van der Waals surface area contributed by atoms with Gasteiger partial charge in [-0.2, -0.15) is 0 Å². The van der Waals surface area contributed by atoms with Gasteiger partial charge < -0.3 is 18.8 Å². The van der Waals surface area contributed by atoms with E-state index >= 15 is 0 Å². The summed E-state index contributed by atoms with van der Waals surface area (Å²) in [6, 6.07) is 5.75. The summed E-state index contributed by atoms with van der Waals surface area (Å²) >= 11 is 5.60. The molecular weight excluding hydrogens is 536 g/mol. The van der Waals surface area contributed by atoms with Gasteiger partial charge in [-0.25, -0.2) is 9.59 Å². The number of rotatable bonds is 5. The number of fused-ring (bicyclic) bond motifs is 5. The summed E-state index contributed by atoms with van der Waals surface area (Å²) in [5.74, 6) is -1.06. The minimum Gasteiger partial charge on any atom is -0.543 e. The number of aromatic nitrogens is 1. The molecule has 0 saturated carbocycles. The molecule has 2 fully saturated rings. The average Bonchev–Trinajstić information content (AvgIpc) is 3.22. The van der Waals surface area contributed by atoms with Crippen LogP contribution in [0.2, 0.25) is 18.1 Å². The largest absolute Gasteiger partial charge is 0.543 e. The highest BCUT2D eigenvalue weighted by atomic mass is 35.5. The number of carbonyl (C=O) groups excluding carboxylic acids is 3. The topological polar surface area (TPSA) is 95.0 Å². The number of piperidine rings is 1. The van der Waals surface area contributed by atoms with E-state index in [1.165, 1.54) is 0 Å². The molecule has 0 bridgehead atoms. The van der Waals surface area contributed by atoms with Gasteiger partial charge in [0.05, 0.1) is 23.2 Å². The lowest BCUT2D eigenvalue weighted by Gasteiger charge is -2.49. The second-order valence-electron chi connectivity index (χ2n) is 12.5. The number of amides is 1. The third-order valence-corrected chi connectivity index (χ3v) is 13.9. The third kappa shape index (κ3) is 4.32.